The molecule has 0 rings (SSSR count). The number of rotatable bonds is 42. The number of hydrogen-bond donors (Lipinski definition) is 3. The predicted molar refractivity (Wildman–Crippen MR) is 222 cm³/mol. The number of carbonyl (C=O) groups is 4. The summed E-state index contributed by atoms with van der Waals surface area (Å²) in [5.74, 6) is -7.51. The van der Waals surface area contributed by atoms with E-state index in [-0.39, 0.29) is 25.9 Å². The Balaban J connectivity index is 6.22. The van der Waals surface area contributed by atoms with Crippen LogP contribution in [0.2, 0.25) is 0 Å². The number of carboxylic acid groups (broad SMARTS) is 3. The highest BCUT2D eigenvalue weighted by Gasteiger charge is 2.69. The average molecular weight is 767 g/mol. The molecule has 318 valence electrons. The van der Waals surface area contributed by atoms with Gasteiger partial charge in [-0.25, -0.2) is 4.79 Å². The molecule has 3 N–H and O–H groups in total. The van der Waals surface area contributed by atoms with Crippen molar-refractivity contribution in [1.29, 1.82) is 0 Å². The molecule has 0 amide bonds. The van der Waals surface area contributed by atoms with Gasteiger partial charge in [0.1, 0.15) is 5.41 Å². The van der Waals surface area contributed by atoms with Gasteiger partial charge in [0.25, 0.3) is 0 Å². The van der Waals surface area contributed by atoms with Gasteiger partial charge >= 0.3 is 17.9 Å². The Morgan fingerprint density at radius 3 is 1.02 bits per heavy atom. The summed E-state index contributed by atoms with van der Waals surface area (Å²) in [6.45, 7) is 8.25. The Kier molecular flexibility index (Phi) is 33.1. The molecule has 2 atom stereocenters. The highest BCUT2D eigenvalue weighted by Crippen LogP contribution is 2.50. The fraction of sp³-hybridized carbons (Fsp3) is 0.913. The zero-order valence-corrected chi connectivity index (χ0v) is 35.7. The fourth-order valence-electron chi connectivity index (χ4n) is 8.34. The molecule has 0 bridgehead atoms. The number of Topliss-reactive ketones (excluding diaryl/α,β-unsaturated/α-hetero) is 1. The third-order valence-electron chi connectivity index (χ3n) is 11.7. The molecule has 0 heterocycles. The van der Waals surface area contributed by atoms with Crippen molar-refractivity contribution in [3.05, 3.63) is 0 Å². The van der Waals surface area contributed by atoms with Crippen LogP contribution in [0.3, 0.4) is 0 Å². The van der Waals surface area contributed by atoms with Gasteiger partial charge in [0.05, 0.1) is 0 Å². The molecule has 8 heteroatoms. The second-order valence-corrected chi connectivity index (χ2v) is 16.3. The lowest BCUT2D eigenvalue weighted by molar-refractivity contribution is -0.219. The van der Waals surface area contributed by atoms with Crippen molar-refractivity contribution in [1.82, 2.24) is 0 Å². The van der Waals surface area contributed by atoms with Crippen LogP contribution < -0.4 is 0 Å². The lowest BCUT2D eigenvalue weighted by Gasteiger charge is -2.47. The second kappa shape index (κ2) is 34.3. The summed E-state index contributed by atoms with van der Waals surface area (Å²) in [5, 5.41) is 32.9. The van der Waals surface area contributed by atoms with E-state index in [4.69, 9.17) is 4.74 Å². The average Bonchev–Trinajstić information content (AvgIpc) is 3.13. The maximum Gasteiger partial charge on any atom is 0.338 e. The standard InChI is InChI=1S/C46H86O8/c1-5-9-12-15-18-21-24-27-30-33-37-45(43(50)51,38-34-31-28-25-22-19-16-13-10-6-2)46(44(52)53,41(42(48)49)40(47)36-8-4)54-39-35-32-29-26-23-20-17-14-11-7-3/h41H,5-39H2,1-4H3,(H,48,49)(H,50,51)(H,52,53). The van der Waals surface area contributed by atoms with E-state index in [1.165, 1.54) is 96.3 Å². The van der Waals surface area contributed by atoms with Crippen molar-refractivity contribution < 1.29 is 39.2 Å². The van der Waals surface area contributed by atoms with Gasteiger partial charge in [0, 0.05) is 13.0 Å². The number of carbonyl (C=O) groups excluding carboxylic acids is 1. The first kappa shape index (κ1) is 52.0. The van der Waals surface area contributed by atoms with Crippen LogP contribution in [0.1, 0.15) is 246 Å². The van der Waals surface area contributed by atoms with Gasteiger partial charge in [0.2, 0.25) is 5.60 Å². The third kappa shape index (κ3) is 20.8. The summed E-state index contributed by atoms with van der Waals surface area (Å²) in [4.78, 5) is 54.2. The third-order valence-corrected chi connectivity index (χ3v) is 11.7. The lowest BCUT2D eigenvalue weighted by atomic mass is 9.59. The van der Waals surface area contributed by atoms with Crippen molar-refractivity contribution in [2.75, 3.05) is 6.61 Å². The van der Waals surface area contributed by atoms with E-state index in [2.05, 4.69) is 20.8 Å². The highest BCUT2D eigenvalue weighted by atomic mass is 16.5. The van der Waals surface area contributed by atoms with Crippen molar-refractivity contribution >= 4 is 23.7 Å². The van der Waals surface area contributed by atoms with E-state index in [9.17, 15) is 34.5 Å². The molecule has 0 saturated carbocycles. The summed E-state index contributed by atoms with van der Waals surface area (Å²) < 4.78 is 6.28. The highest BCUT2D eigenvalue weighted by molar-refractivity contribution is 6.06. The van der Waals surface area contributed by atoms with Crippen LogP contribution in [0, 0.1) is 11.3 Å². The normalized spacial score (nSPS) is 13.5. The van der Waals surface area contributed by atoms with Crippen molar-refractivity contribution in [3.8, 4) is 0 Å². The molecule has 54 heavy (non-hydrogen) atoms. The monoisotopic (exact) mass is 767 g/mol. The van der Waals surface area contributed by atoms with Crippen molar-refractivity contribution in [2.24, 2.45) is 11.3 Å². The van der Waals surface area contributed by atoms with Gasteiger partial charge in [-0.05, 0) is 25.7 Å². The number of carboxylic acids is 3. The number of unbranched alkanes of at least 4 members (excludes halogenated alkanes) is 27. The molecule has 0 radical (unpaired) electrons. The minimum absolute atomic E-state index is 0.0379. The van der Waals surface area contributed by atoms with Gasteiger partial charge < -0.3 is 20.1 Å². The summed E-state index contributed by atoms with van der Waals surface area (Å²) in [6, 6.07) is 0. The Hall–Kier alpha value is -1.96. The molecular weight excluding hydrogens is 680 g/mol. The van der Waals surface area contributed by atoms with Crippen molar-refractivity contribution in [2.45, 2.75) is 252 Å². The topological polar surface area (TPSA) is 138 Å². The number of aliphatic carboxylic acids is 3. The zero-order valence-electron chi connectivity index (χ0n) is 35.7. The number of ketones is 1. The molecule has 2 unspecified atom stereocenters. The predicted octanol–water partition coefficient (Wildman–Crippen LogP) is 13.5. The lowest BCUT2D eigenvalue weighted by Crippen LogP contribution is -2.67. The van der Waals surface area contributed by atoms with Gasteiger partial charge in [-0.2, -0.15) is 0 Å². The van der Waals surface area contributed by atoms with Crippen molar-refractivity contribution in [3.63, 3.8) is 0 Å². The van der Waals surface area contributed by atoms with E-state index in [0.717, 1.165) is 77.0 Å². The zero-order chi connectivity index (χ0) is 40.3. The molecule has 0 fully saturated rings. The molecule has 0 aromatic carbocycles. The van der Waals surface area contributed by atoms with E-state index in [1.807, 2.05) is 0 Å². The van der Waals surface area contributed by atoms with Crippen LogP contribution in [0.15, 0.2) is 0 Å². The first-order chi connectivity index (χ1) is 26.1. The summed E-state index contributed by atoms with van der Waals surface area (Å²) in [5.41, 5.74) is -4.78. The maximum absolute atomic E-state index is 13.7. The SMILES string of the molecule is CCCCCCCCCCCCOC(C(=O)O)(C(C(=O)O)C(=O)CCC)C(CCCCCCCCCCCC)(CCCCCCCCCCCC)C(=O)O. The Bertz CT molecular complexity index is 925. The van der Waals surface area contributed by atoms with E-state index in [1.54, 1.807) is 6.92 Å². The molecule has 0 spiro atoms. The summed E-state index contributed by atoms with van der Waals surface area (Å²) in [6.07, 6.45) is 31.2. The second-order valence-electron chi connectivity index (χ2n) is 16.3. The summed E-state index contributed by atoms with van der Waals surface area (Å²) in [7, 11) is 0. The fourth-order valence-corrected chi connectivity index (χ4v) is 8.34. The number of hydrogen-bond acceptors (Lipinski definition) is 5. The molecule has 0 aromatic rings. The Morgan fingerprint density at radius 2 is 0.741 bits per heavy atom. The van der Waals surface area contributed by atoms with Crippen LogP contribution in [-0.2, 0) is 23.9 Å². The smallest absolute Gasteiger partial charge is 0.338 e. The molecule has 8 nitrogen and oxygen atoms in total. The van der Waals surface area contributed by atoms with Crippen LogP contribution in [0.5, 0.6) is 0 Å². The molecule has 0 aliphatic heterocycles. The first-order valence-electron chi connectivity index (χ1n) is 23.0. The van der Waals surface area contributed by atoms with Gasteiger partial charge in [-0.15, -0.1) is 0 Å². The Labute approximate surface area is 331 Å². The van der Waals surface area contributed by atoms with Crippen LogP contribution in [0.25, 0.3) is 0 Å². The number of ether oxygens (including phenoxy) is 1. The first-order valence-corrected chi connectivity index (χ1v) is 23.0. The van der Waals surface area contributed by atoms with Gasteiger partial charge in [-0.3, -0.25) is 14.4 Å². The molecular formula is C46H86O8. The van der Waals surface area contributed by atoms with E-state index in [0.29, 0.717) is 25.7 Å². The Morgan fingerprint density at radius 1 is 0.426 bits per heavy atom. The van der Waals surface area contributed by atoms with Gasteiger partial charge in [0.15, 0.2) is 11.7 Å². The molecule has 0 aromatic heterocycles. The minimum atomic E-state index is -2.71. The van der Waals surface area contributed by atoms with Crippen LogP contribution in [-0.4, -0.2) is 51.2 Å². The summed E-state index contributed by atoms with van der Waals surface area (Å²) >= 11 is 0. The van der Waals surface area contributed by atoms with Crippen LogP contribution >= 0.6 is 0 Å². The largest absolute Gasteiger partial charge is 0.481 e. The molecule has 0 aliphatic rings. The minimum Gasteiger partial charge on any atom is -0.481 e. The molecule has 0 saturated heterocycles. The van der Waals surface area contributed by atoms with E-state index < -0.39 is 40.6 Å². The van der Waals surface area contributed by atoms with Crippen LogP contribution in [0.4, 0.5) is 0 Å². The molecule has 0 aliphatic carbocycles. The quantitative estimate of drug-likeness (QED) is 0.0412. The van der Waals surface area contributed by atoms with Gasteiger partial charge in [-0.1, -0.05) is 214 Å². The van der Waals surface area contributed by atoms with E-state index >= 15 is 0 Å². The maximum atomic E-state index is 13.7.